The molecule has 0 aliphatic carbocycles. The molecule has 0 N–H and O–H groups in total. The fraction of sp³-hybridized carbons (Fsp3) is 0.250. The fourth-order valence-electron chi connectivity index (χ4n) is 1.13. The number of aromatic nitrogens is 3. The first-order valence-electron chi connectivity index (χ1n) is 3.44. The van der Waals surface area contributed by atoms with Gasteiger partial charge in [0.2, 0.25) is 0 Å². The van der Waals surface area contributed by atoms with E-state index in [1.54, 1.807) is 6.33 Å². The van der Waals surface area contributed by atoms with E-state index < -0.39 is 0 Å². The molecule has 0 atom stereocenters. The molecule has 0 unspecified atom stereocenters. The zero-order valence-electron chi connectivity index (χ0n) is 7.07. The third-order valence-electron chi connectivity index (χ3n) is 1.76. The maximum Gasteiger partial charge on any atom is 0.0820 e. The summed E-state index contributed by atoms with van der Waals surface area (Å²) in [6.45, 7) is 1.94. The Morgan fingerprint density at radius 2 is 2.25 bits per heavy atom. The summed E-state index contributed by atoms with van der Waals surface area (Å²) >= 11 is 0. The Labute approximate surface area is 96.1 Å². The Morgan fingerprint density at radius 3 is 2.92 bits per heavy atom. The number of rotatable bonds is 0. The van der Waals surface area contributed by atoms with E-state index in [0.717, 1.165) is 16.7 Å². The second kappa shape index (κ2) is 3.63. The number of hydrogen-bond acceptors (Lipinski definition) is 2. The molecule has 0 amide bonds. The maximum absolute atomic E-state index is 4.20. The van der Waals surface area contributed by atoms with Gasteiger partial charge < -0.3 is 9.55 Å². The Morgan fingerprint density at radius 1 is 1.50 bits per heavy atom. The zero-order valence-corrected chi connectivity index (χ0v) is 9.91. The molecule has 4 heteroatoms. The molecule has 12 heavy (non-hydrogen) atoms. The van der Waals surface area contributed by atoms with Crippen molar-refractivity contribution in [3.05, 3.63) is 24.3 Å². The third kappa shape index (κ3) is 1.43. The Kier molecular flexibility index (Phi) is 2.96. The molecule has 2 aromatic heterocycles. The van der Waals surface area contributed by atoms with Gasteiger partial charge in [-0.15, -0.1) is 6.07 Å². The third-order valence-corrected chi connectivity index (χ3v) is 1.76. The van der Waals surface area contributed by atoms with E-state index in [1.165, 1.54) is 0 Å². The van der Waals surface area contributed by atoms with Gasteiger partial charge in [0.15, 0.2) is 0 Å². The van der Waals surface area contributed by atoms with Crippen molar-refractivity contribution in [2.75, 3.05) is 0 Å². The van der Waals surface area contributed by atoms with Gasteiger partial charge in [-0.1, -0.05) is 13.1 Å². The van der Waals surface area contributed by atoms with E-state index in [9.17, 15) is 0 Å². The van der Waals surface area contributed by atoms with Crippen molar-refractivity contribution in [2.24, 2.45) is 7.05 Å². The minimum atomic E-state index is 0. The molecule has 0 spiro atoms. The van der Waals surface area contributed by atoms with Gasteiger partial charge in [-0.25, -0.2) is 0 Å². The summed E-state index contributed by atoms with van der Waals surface area (Å²) in [5.41, 5.74) is 2.98. The van der Waals surface area contributed by atoms with Crippen LogP contribution < -0.4 is 0 Å². The number of nitrogens with zero attached hydrogens (tertiary/aromatic N) is 3. The van der Waals surface area contributed by atoms with E-state index in [4.69, 9.17) is 0 Å². The average Bonchev–Trinajstić information content (AvgIpc) is 2.35. The molecule has 3 nitrogen and oxygen atoms in total. The number of pyridine rings is 1. The van der Waals surface area contributed by atoms with Gasteiger partial charge in [-0.3, -0.25) is 4.98 Å². The molecule has 0 aromatic carbocycles. The van der Waals surface area contributed by atoms with Gasteiger partial charge in [0.25, 0.3) is 0 Å². The van der Waals surface area contributed by atoms with Crippen LogP contribution in [0, 0.1) is 13.1 Å². The van der Waals surface area contributed by atoms with Crippen molar-refractivity contribution >= 4 is 11.0 Å². The van der Waals surface area contributed by atoms with Gasteiger partial charge in [-0.05, 0) is 16.7 Å². The van der Waals surface area contributed by atoms with Gasteiger partial charge in [0, 0.05) is 39.8 Å². The Bertz CT molecular complexity index is 394. The molecule has 0 aliphatic heterocycles. The Hall–Kier alpha value is -0.276. The van der Waals surface area contributed by atoms with Crippen molar-refractivity contribution < 1.29 is 32.7 Å². The number of fused-ring (bicyclic) bond motifs is 1. The van der Waals surface area contributed by atoms with Crippen LogP contribution in [0.15, 0.2) is 12.4 Å². The van der Waals surface area contributed by atoms with Crippen LogP contribution >= 0.6 is 0 Å². The monoisotopic (exact) mass is 235 g/mol. The normalized spacial score (nSPS) is 9.83. The van der Waals surface area contributed by atoms with Gasteiger partial charge in [0.05, 0.1) is 6.33 Å². The van der Waals surface area contributed by atoms with Crippen molar-refractivity contribution in [1.29, 1.82) is 0 Å². The van der Waals surface area contributed by atoms with E-state index in [-0.39, 0.29) is 32.7 Å². The molecule has 0 saturated carbocycles. The van der Waals surface area contributed by atoms with Crippen molar-refractivity contribution in [3.8, 4) is 0 Å². The number of aryl methyl sites for hydroxylation is 2. The predicted octanol–water partition coefficient (Wildman–Crippen LogP) is 1.07. The topological polar surface area (TPSA) is 30.7 Å². The summed E-state index contributed by atoms with van der Waals surface area (Å²) in [5, 5.41) is 0. The largest absolute Gasteiger partial charge is 0.389 e. The number of hydrogen-bond donors (Lipinski definition) is 0. The standard InChI is InChI=1S/C8H8N3.Y/c1-6-8-7(3-4-9-6)11(2)5-10-8;/h3,5H,1-2H3;/q-1;. The summed E-state index contributed by atoms with van der Waals surface area (Å²) in [7, 11) is 1.96. The van der Waals surface area contributed by atoms with Crippen molar-refractivity contribution in [2.45, 2.75) is 6.92 Å². The van der Waals surface area contributed by atoms with Crippen LogP contribution in [0.5, 0.6) is 0 Å². The van der Waals surface area contributed by atoms with Crippen LogP contribution in [-0.2, 0) is 39.8 Å². The van der Waals surface area contributed by atoms with E-state index in [0.29, 0.717) is 0 Å². The zero-order chi connectivity index (χ0) is 7.84. The first-order chi connectivity index (χ1) is 5.29. The number of imidazole rings is 1. The molecule has 2 rings (SSSR count). The smallest absolute Gasteiger partial charge is 0.0820 e. The predicted molar refractivity (Wildman–Crippen MR) is 42.1 cm³/mol. The molecular weight excluding hydrogens is 227 g/mol. The molecular formula is C8H8N3Y-. The summed E-state index contributed by atoms with van der Waals surface area (Å²) in [4.78, 5) is 8.22. The van der Waals surface area contributed by atoms with E-state index >= 15 is 0 Å². The molecule has 0 saturated heterocycles. The van der Waals surface area contributed by atoms with Gasteiger partial charge in [-0.2, -0.15) is 0 Å². The Balaban J connectivity index is 0.000000720. The quantitative estimate of drug-likeness (QED) is 0.639. The minimum Gasteiger partial charge on any atom is -0.389 e. The average molecular weight is 235 g/mol. The van der Waals surface area contributed by atoms with Crippen molar-refractivity contribution in [3.63, 3.8) is 0 Å². The summed E-state index contributed by atoms with van der Waals surface area (Å²) in [6, 6.07) is 1.84. The molecule has 1 radical (unpaired) electrons. The molecule has 0 fully saturated rings. The second-order valence-electron chi connectivity index (χ2n) is 2.56. The van der Waals surface area contributed by atoms with Gasteiger partial charge >= 0.3 is 0 Å². The van der Waals surface area contributed by atoms with Crippen LogP contribution in [0.1, 0.15) is 5.69 Å². The van der Waals surface area contributed by atoms with Crippen LogP contribution in [0.4, 0.5) is 0 Å². The second-order valence-corrected chi connectivity index (χ2v) is 2.56. The van der Waals surface area contributed by atoms with Crippen molar-refractivity contribution in [1.82, 2.24) is 14.5 Å². The van der Waals surface area contributed by atoms with E-state index in [2.05, 4.69) is 16.2 Å². The summed E-state index contributed by atoms with van der Waals surface area (Å²) in [5.74, 6) is 0. The van der Waals surface area contributed by atoms with Crippen LogP contribution in [0.2, 0.25) is 0 Å². The molecule has 0 bridgehead atoms. The van der Waals surface area contributed by atoms with Gasteiger partial charge in [0.1, 0.15) is 0 Å². The summed E-state index contributed by atoms with van der Waals surface area (Å²) < 4.78 is 1.96. The molecule has 2 heterocycles. The van der Waals surface area contributed by atoms with Crippen LogP contribution in [-0.4, -0.2) is 14.5 Å². The first kappa shape index (κ1) is 9.81. The van der Waals surface area contributed by atoms with Crippen LogP contribution in [0.3, 0.4) is 0 Å². The van der Waals surface area contributed by atoms with Crippen LogP contribution in [0.25, 0.3) is 11.0 Å². The molecule has 0 aliphatic rings. The fourth-order valence-corrected chi connectivity index (χ4v) is 1.13. The molecule has 2 aromatic rings. The SMILES string of the molecule is Cc1n[c-]cc2c1ncn2C.[Y]. The first-order valence-corrected chi connectivity index (χ1v) is 3.44. The molecule has 59 valence electrons. The maximum atomic E-state index is 4.20. The van der Waals surface area contributed by atoms with E-state index in [1.807, 2.05) is 24.6 Å². The summed E-state index contributed by atoms with van der Waals surface area (Å²) in [6.07, 6.45) is 4.60. The minimum absolute atomic E-state index is 0.